The zero-order valence-corrected chi connectivity index (χ0v) is 12.2. The first kappa shape index (κ1) is 14.0. The number of hydrogen-bond acceptors (Lipinski definition) is 5. The molecule has 0 saturated heterocycles. The van der Waals surface area contributed by atoms with Crippen molar-refractivity contribution < 1.29 is 8.42 Å². The minimum absolute atomic E-state index is 0.224. The fraction of sp³-hybridized carbons (Fsp3) is 0.286. The van der Waals surface area contributed by atoms with Gasteiger partial charge in [0.15, 0.2) is 0 Å². The first-order chi connectivity index (χ1) is 10.1. The molecule has 0 unspecified atom stereocenters. The van der Waals surface area contributed by atoms with Crippen molar-refractivity contribution in [3.8, 4) is 0 Å². The van der Waals surface area contributed by atoms with E-state index in [1.807, 2.05) is 12.1 Å². The number of benzene rings is 1. The Bertz CT molecular complexity index is 698. The van der Waals surface area contributed by atoms with Gasteiger partial charge in [0.1, 0.15) is 6.33 Å². The van der Waals surface area contributed by atoms with Crippen LogP contribution in [0.25, 0.3) is 0 Å². The van der Waals surface area contributed by atoms with E-state index in [4.69, 9.17) is 0 Å². The molecule has 1 aromatic heterocycles. The van der Waals surface area contributed by atoms with Crippen LogP contribution < -0.4 is 10.0 Å². The standard InChI is InChI=1S/C14H16N4O2S/c19-21(20,18-13-8-15-10-16-9-13)14-5-1-11(2-6-14)7-17-12-3-4-12/h1-2,5-6,8-10,12,17-18H,3-4,7H2. The number of rotatable bonds is 6. The predicted octanol–water partition coefficient (Wildman–Crippen LogP) is 1.53. The van der Waals surface area contributed by atoms with E-state index in [-0.39, 0.29) is 4.90 Å². The van der Waals surface area contributed by atoms with Crippen molar-refractivity contribution in [2.75, 3.05) is 4.72 Å². The van der Waals surface area contributed by atoms with Crippen LogP contribution in [0.3, 0.4) is 0 Å². The fourth-order valence-corrected chi connectivity index (χ4v) is 2.93. The molecular weight excluding hydrogens is 288 g/mol. The number of nitrogens with one attached hydrogen (secondary N) is 2. The monoisotopic (exact) mass is 304 g/mol. The van der Waals surface area contributed by atoms with E-state index in [1.54, 1.807) is 12.1 Å². The Kier molecular flexibility index (Phi) is 3.85. The molecule has 110 valence electrons. The summed E-state index contributed by atoms with van der Waals surface area (Å²) in [6.45, 7) is 0.769. The van der Waals surface area contributed by atoms with Crippen LogP contribution in [0.1, 0.15) is 18.4 Å². The minimum Gasteiger partial charge on any atom is -0.310 e. The molecule has 1 aliphatic rings. The second-order valence-corrected chi connectivity index (χ2v) is 6.71. The molecule has 3 rings (SSSR count). The molecule has 21 heavy (non-hydrogen) atoms. The molecule has 0 spiro atoms. The van der Waals surface area contributed by atoms with Gasteiger partial charge in [-0.05, 0) is 30.5 Å². The highest BCUT2D eigenvalue weighted by atomic mass is 32.2. The Morgan fingerprint density at radius 1 is 1.10 bits per heavy atom. The summed E-state index contributed by atoms with van der Waals surface area (Å²) in [5.41, 5.74) is 1.42. The molecule has 1 aromatic carbocycles. The third-order valence-corrected chi connectivity index (χ3v) is 4.62. The van der Waals surface area contributed by atoms with Crippen LogP contribution in [0.4, 0.5) is 5.69 Å². The summed E-state index contributed by atoms with van der Waals surface area (Å²) in [6, 6.07) is 7.50. The van der Waals surface area contributed by atoms with E-state index in [0.29, 0.717) is 11.7 Å². The number of sulfonamides is 1. The molecule has 1 heterocycles. The van der Waals surface area contributed by atoms with Gasteiger partial charge >= 0.3 is 0 Å². The second kappa shape index (κ2) is 5.79. The van der Waals surface area contributed by atoms with Gasteiger partial charge in [-0.1, -0.05) is 12.1 Å². The average Bonchev–Trinajstić information content (AvgIpc) is 3.30. The van der Waals surface area contributed by atoms with Gasteiger partial charge in [-0.3, -0.25) is 4.72 Å². The summed E-state index contributed by atoms with van der Waals surface area (Å²) in [6.07, 6.45) is 6.64. The van der Waals surface area contributed by atoms with Crippen molar-refractivity contribution in [2.24, 2.45) is 0 Å². The second-order valence-electron chi connectivity index (χ2n) is 5.03. The van der Waals surface area contributed by atoms with Crippen molar-refractivity contribution >= 4 is 15.7 Å². The van der Waals surface area contributed by atoms with Crippen molar-refractivity contribution in [1.82, 2.24) is 15.3 Å². The summed E-state index contributed by atoms with van der Waals surface area (Å²) < 4.78 is 26.9. The maximum Gasteiger partial charge on any atom is 0.261 e. The Hall–Kier alpha value is -1.99. The van der Waals surface area contributed by atoms with E-state index in [2.05, 4.69) is 20.0 Å². The number of anilines is 1. The molecule has 0 aliphatic heterocycles. The Labute approximate surface area is 123 Å². The van der Waals surface area contributed by atoms with Gasteiger partial charge in [-0.15, -0.1) is 0 Å². The van der Waals surface area contributed by atoms with Gasteiger partial charge in [-0.2, -0.15) is 0 Å². The summed E-state index contributed by atoms with van der Waals surface area (Å²) in [5, 5.41) is 3.39. The smallest absolute Gasteiger partial charge is 0.261 e. The third kappa shape index (κ3) is 3.77. The quantitative estimate of drug-likeness (QED) is 0.845. The molecule has 0 amide bonds. The van der Waals surface area contributed by atoms with Crippen LogP contribution in [0.15, 0.2) is 47.9 Å². The lowest BCUT2D eigenvalue weighted by molar-refractivity contribution is 0.601. The van der Waals surface area contributed by atoms with Gasteiger partial charge in [0.25, 0.3) is 10.0 Å². The van der Waals surface area contributed by atoms with Crippen LogP contribution >= 0.6 is 0 Å². The zero-order chi connectivity index (χ0) is 14.7. The molecule has 1 saturated carbocycles. The molecule has 0 radical (unpaired) electrons. The average molecular weight is 304 g/mol. The maximum absolute atomic E-state index is 12.2. The van der Waals surface area contributed by atoms with E-state index in [0.717, 1.165) is 12.1 Å². The van der Waals surface area contributed by atoms with Crippen LogP contribution in [-0.4, -0.2) is 24.4 Å². The molecule has 2 N–H and O–H groups in total. The van der Waals surface area contributed by atoms with E-state index < -0.39 is 10.0 Å². The first-order valence-corrected chi connectivity index (χ1v) is 8.22. The van der Waals surface area contributed by atoms with Crippen LogP contribution in [0.5, 0.6) is 0 Å². The summed E-state index contributed by atoms with van der Waals surface area (Å²) in [4.78, 5) is 7.78. The highest BCUT2D eigenvalue weighted by Gasteiger charge is 2.20. The first-order valence-electron chi connectivity index (χ1n) is 6.74. The Balaban J connectivity index is 1.69. The maximum atomic E-state index is 12.2. The van der Waals surface area contributed by atoms with Gasteiger partial charge < -0.3 is 5.32 Å². The highest BCUT2D eigenvalue weighted by Crippen LogP contribution is 2.20. The van der Waals surface area contributed by atoms with Gasteiger partial charge in [-0.25, -0.2) is 18.4 Å². The molecule has 0 atom stereocenters. The summed E-state index contributed by atoms with van der Waals surface area (Å²) >= 11 is 0. The highest BCUT2D eigenvalue weighted by molar-refractivity contribution is 7.92. The molecule has 7 heteroatoms. The van der Waals surface area contributed by atoms with Gasteiger partial charge in [0.05, 0.1) is 23.0 Å². The van der Waals surface area contributed by atoms with E-state index in [1.165, 1.54) is 31.6 Å². The third-order valence-electron chi connectivity index (χ3n) is 3.22. The Morgan fingerprint density at radius 2 is 1.76 bits per heavy atom. The van der Waals surface area contributed by atoms with Crippen molar-refractivity contribution in [2.45, 2.75) is 30.3 Å². The lowest BCUT2D eigenvalue weighted by Gasteiger charge is -2.08. The Morgan fingerprint density at radius 3 is 2.38 bits per heavy atom. The summed E-state index contributed by atoms with van der Waals surface area (Å²) in [7, 11) is -3.60. The molecule has 2 aromatic rings. The van der Waals surface area contributed by atoms with Crippen LogP contribution in [-0.2, 0) is 16.6 Å². The molecule has 1 fully saturated rings. The van der Waals surface area contributed by atoms with Gasteiger partial charge in [0, 0.05) is 12.6 Å². The molecule has 1 aliphatic carbocycles. The number of aromatic nitrogens is 2. The molecule has 6 nitrogen and oxygen atoms in total. The van der Waals surface area contributed by atoms with Gasteiger partial charge in [0.2, 0.25) is 0 Å². The van der Waals surface area contributed by atoms with Crippen LogP contribution in [0, 0.1) is 0 Å². The zero-order valence-electron chi connectivity index (χ0n) is 11.4. The van der Waals surface area contributed by atoms with Crippen molar-refractivity contribution in [1.29, 1.82) is 0 Å². The van der Waals surface area contributed by atoms with E-state index >= 15 is 0 Å². The minimum atomic E-state index is -3.60. The largest absolute Gasteiger partial charge is 0.310 e. The van der Waals surface area contributed by atoms with Crippen molar-refractivity contribution in [3.05, 3.63) is 48.5 Å². The molecule has 0 bridgehead atoms. The molecular formula is C14H16N4O2S. The van der Waals surface area contributed by atoms with Crippen LogP contribution in [0.2, 0.25) is 0 Å². The van der Waals surface area contributed by atoms with E-state index in [9.17, 15) is 8.42 Å². The van der Waals surface area contributed by atoms with Crippen molar-refractivity contribution in [3.63, 3.8) is 0 Å². The summed E-state index contributed by atoms with van der Waals surface area (Å²) in [5.74, 6) is 0. The predicted molar refractivity (Wildman–Crippen MR) is 79.1 cm³/mol. The normalized spacial score (nSPS) is 14.9. The fourth-order valence-electron chi connectivity index (χ4n) is 1.90. The number of hydrogen-bond donors (Lipinski definition) is 2. The number of nitrogens with zero attached hydrogens (tertiary/aromatic N) is 2. The topological polar surface area (TPSA) is 84.0 Å². The lowest BCUT2D eigenvalue weighted by atomic mass is 10.2. The SMILES string of the molecule is O=S(=O)(Nc1cncnc1)c1ccc(CNC2CC2)cc1. The lowest BCUT2D eigenvalue weighted by Crippen LogP contribution is -2.16.